The molecule has 1 heterocycles. The fourth-order valence-corrected chi connectivity index (χ4v) is 1.16. The number of nitrogens with zero attached hydrogens (tertiary/aromatic N) is 2. The topological polar surface area (TPSA) is 43.8 Å². The largest absolute Gasteiger partial charge is 0.323 e. The van der Waals surface area contributed by atoms with Crippen molar-refractivity contribution in [2.75, 3.05) is 5.84 Å². The second kappa shape index (κ2) is 2.90. The molecular weight excluding hydrogens is 169 g/mol. The standard InChI is InChI=1S/C9H8FN3/c10-8-3-1-7(2-4-8)9-5-6-12-13(9)11/h1-6H,11H2. The highest BCUT2D eigenvalue weighted by Gasteiger charge is 2.01. The Labute approximate surface area is 74.6 Å². The Hall–Kier alpha value is -1.84. The van der Waals surface area contributed by atoms with Gasteiger partial charge in [0, 0.05) is 5.56 Å². The summed E-state index contributed by atoms with van der Waals surface area (Å²) < 4.78 is 12.6. The average molecular weight is 177 g/mol. The number of hydrogen-bond acceptors (Lipinski definition) is 2. The maximum absolute atomic E-state index is 12.6. The van der Waals surface area contributed by atoms with Crippen molar-refractivity contribution >= 4 is 0 Å². The third kappa shape index (κ3) is 1.38. The van der Waals surface area contributed by atoms with Gasteiger partial charge in [-0.25, -0.2) is 4.39 Å². The van der Waals surface area contributed by atoms with Gasteiger partial charge < -0.3 is 5.84 Å². The zero-order valence-electron chi connectivity index (χ0n) is 6.81. The van der Waals surface area contributed by atoms with Crippen LogP contribution in [-0.2, 0) is 0 Å². The SMILES string of the molecule is Nn1nccc1-c1ccc(F)cc1. The van der Waals surface area contributed by atoms with Gasteiger partial charge in [0.1, 0.15) is 5.82 Å². The van der Waals surface area contributed by atoms with Crippen LogP contribution in [0, 0.1) is 5.82 Å². The smallest absolute Gasteiger partial charge is 0.123 e. The molecule has 2 N–H and O–H groups in total. The molecule has 1 aromatic carbocycles. The van der Waals surface area contributed by atoms with Crippen LogP contribution in [0.3, 0.4) is 0 Å². The summed E-state index contributed by atoms with van der Waals surface area (Å²) in [7, 11) is 0. The average Bonchev–Trinajstić information content (AvgIpc) is 2.53. The summed E-state index contributed by atoms with van der Waals surface area (Å²) in [6, 6.07) is 7.88. The number of aromatic nitrogens is 2. The number of nitrogen functional groups attached to an aromatic ring is 1. The van der Waals surface area contributed by atoms with Crippen LogP contribution >= 0.6 is 0 Å². The Balaban J connectivity index is 2.47. The minimum absolute atomic E-state index is 0.258. The van der Waals surface area contributed by atoms with Crippen molar-refractivity contribution in [3.63, 3.8) is 0 Å². The lowest BCUT2D eigenvalue weighted by atomic mass is 10.1. The fraction of sp³-hybridized carbons (Fsp3) is 0. The van der Waals surface area contributed by atoms with Crippen LogP contribution in [0.4, 0.5) is 4.39 Å². The van der Waals surface area contributed by atoms with Gasteiger partial charge in [-0.2, -0.15) is 9.89 Å². The molecule has 2 rings (SSSR count). The maximum atomic E-state index is 12.6. The van der Waals surface area contributed by atoms with Gasteiger partial charge in [-0.05, 0) is 30.3 Å². The van der Waals surface area contributed by atoms with Crippen molar-refractivity contribution in [1.29, 1.82) is 0 Å². The molecule has 2 aromatic rings. The van der Waals surface area contributed by atoms with E-state index in [9.17, 15) is 4.39 Å². The number of halogens is 1. The van der Waals surface area contributed by atoms with E-state index in [-0.39, 0.29) is 5.82 Å². The number of rotatable bonds is 1. The minimum Gasteiger partial charge on any atom is -0.323 e. The predicted molar refractivity (Wildman–Crippen MR) is 47.8 cm³/mol. The molecular formula is C9H8FN3. The molecule has 3 nitrogen and oxygen atoms in total. The van der Waals surface area contributed by atoms with E-state index in [2.05, 4.69) is 5.10 Å². The first-order valence-corrected chi connectivity index (χ1v) is 3.82. The zero-order chi connectivity index (χ0) is 9.26. The molecule has 0 amide bonds. The van der Waals surface area contributed by atoms with Gasteiger partial charge in [0.05, 0.1) is 11.9 Å². The van der Waals surface area contributed by atoms with Crippen LogP contribution in [0.25, 0.3) is 11.3 Å². The van der Waals surface area contributed by atoms with E-state index in [4.69, 9.17) is 5.84 Å². The third-order valence-electron chi connectivity index (χ3n) is 1.81. The van der Waals surface area contributed by atoms with E-state index in [0.29, 0.717) is 0 Å². The van der Waals surface area contributed by atoms with E-state index >= 15 is 0 Å². The molecule has 0 radical (unpaired) electrons. The van der Waals surface area contributed by atoms with Crippen LogP contribution in [0.1, 0.15) is 0 Å². The highest BCUT2D eigenvalue weighted by Crippen LogP contribution is 2.16. The van der Waals surface area contributed by atoms with Crippen LogP contribution < -0.4 is 5.84 Å². The minimum atomic E-state index is -0.258. The molecule has 0 spiro atoms. The van der Waals surface area contributed by atoms with Crippen molar-refractivity contribution in [2.45, 2.75) is 0 Å². The lowest BCUT2D eigenvalue weighted by Gasteiger charge is -2.00. The molecule has 0 atom stereocenters. The third-order valence-corrected chi connectivity index (χ3v) is 1.81. The summed E-state index contributed by atoms with van der Waals surface area (Å²) in [5.74, 6) is 5.26. The van der Waals surface area contributed by atoms with Crippen molar-refractivity contribution in [3.8, 4) is 11.3 Å². The Morgan fingerprint density at radius 2 is 1.85 bits per heavy atom. The monoisotopic (exact) mass is 177 g/mol. The summed E-state index contributed by atoms with van der Waals surface area (Å²) in [6.45, 7) is 0. The Kier molecular flexibility index (Phi) is 1.73. The molecule has 13 heavy (non-hydrogen) atoms. The first kappa shape index (κ1) is 7.79. The van der Waals surface area contributed by atoms with E-state index in [1.807, 2.05) is 0 Å². The maximum Gasteiger partial charge on any atom is 0.123 e. The van der Waals surface area contributed by atoms with Crippen molar-refractivity contribution in [2.24, 2.45) is 0 Å². The van der Waals surface area contributed by atoms with Crippen molar-refractivity contribution in [1.82, 2.24) is 9.89 Å². The summed E-state index contributed by atoms with van der Waals surface area (Å²) in [5, 5.41) is 3.82. The first-order chi connectivity index (χ1) is 6.27. The molecule has 0 aliphatic carbocycles. The second-order valence-corrected chi connectivity index (χ2v) is 2.67. The number of hydrogen-bond donors (Lipinski definition) is 1. The molecule has 0 unspecified atom stereocenters. The lowest BCUT2D eigenvalue weighted by molar-refractivity contribution is 0.628. The summed E-state index contributed by atoms with van der Waals surface area (Å²) in [4.78, 5) is 1.26. The highest BCUT2D eigenvalue weighted by molar-refractivity contribution is 5.58. The summed E-state index contributed by atoms with van der Waals surface area (Å²) in [5.41, 5.74) is 1.61. The Morgan fingerprint density at radius 1 is 1.15 bits per heavy atom. The molecule has 0 bridgehead atoms. The van der Waals surface area contributed by atoms with Crippen LogP contribution in [0.5, 0.6) is 0 Å². The van der Waals surface area contributed by atoms with E-state index < -0.39 is 0 Å². The Morgan fingerprint density at radius 3 is 2.38 bits per heavy atom. The van der Waals surface area contributed by atoms with E-state index in [1.54, 1.807) is 24.4 Å². The molecule has 0 aliphatic rings. The molecule has 0 aliphatic heterocycles. The van der Waals surface area contributed by atoms with Crippen molar-refractivity contribution < 1.29 is 4.39 Å². The summed E-state index contributed by atoms with van der Waals surface area (Å²) >= 11 is 0. The summed E-state index contributed by atoms with van der Waals surface area (Å²) in [6.07, 6.45) is 1.60. The molecule has 0 saturated heterocycles. The Bertz CT molecular complexity index is 405. The molecule has 4 heteroatoms. The highest BCUT2D eigenvalue weighted by atomic mass is 19.1. The van der Waals surface area contributed by atoms with Crippen molar-refractivity contribution in [3.05, 3.63) is 42.3 Å². The quantitative estimate of drug-likeness (QED) is 0.669. The van der Waals surface area contributed by atoms with Crippen LogP contribution in [-0.4, -0.2) is 9.89 Å². The van der Waals surface area contributed by atoms with Gasteiger partial charge in [-0.15, -0.1) is 0 Å². The van der Waals surface area contributed by atoms with Gasteiger partial charge in [0.25, 0.3) is 0 Å². The second-order valence-electron chi connectivity index (χ2n) is 2.67. The predicted octanol–water partition coefficient (Wildman–Crippen LogP) is 1.40. The van der Waals surface area contributed by atoms with Crippen LogP contribution in [0.2, 0.25) is 0 Å². The normalized spacial score (nSPS) is 10.2. The zero-order valence-corrected chi connectivity index (χ0v) is 6.81. The van der Waals surface area contributed by atoms with Gasteiger partial charge >= 0.3 is 0 Å². The van der Waals surface area contributed by atoms with Gasteiger partial charge in [-0.3, -0.25) is 0 Å². The number of nitrogens with two attached hydrogens (primary N) is 1. The van der Waals surface area contributed by atoms with Gasteiger partial charge in [-0.1, -0.05) is 0 Å². The molecule has 0 fully saturated rings. The van der Waals surface area contributed by atoms with E-state index in [1.165, 1.54) is 16.9 Å². The first-order valence-electron chi connectivity index (χ1n) is 3.82. The fourth-order valence-electron chi connectivity index (χ4n) is 1.16. The van der Waals surface area contributed by atoms with Gasteiger partial charge in [0.15, 0.2) is 0 Å². The molecule has 1 aromatic heterocycles. The number of benzene rings is 1. The van der Waals surface area contributed by atoms with E-state index in [0.717, 1.165) is 11.3 Å². The molecule has 0 saturated carbocycles. The lowest BCUT2D eigenvalue weighted by Crippen LogP contribution is -2.11. The van der Waals surface area contributed by atoms with Crippen LogP contribution in [0.15, 0.2) is 36.5 Å². The molecule has 66 valence electrons. The van der Waals surface area contributed by atoms with Gasteiger partial charge in [0.2, 0.25) is 0 Å².